The first-order valence-corrected chi connectivity index (χ1v) is 15.0. The minimum Gasteiger partial charge on any atom is -0.493 e. The molecule has 1 saturated carbocycles. The topological polar surface area (TPSA) is 140 Å². The fourth-order valence-corrected chi connectivity index (χ4v) is 6.35. The van der Waals surface area contributed by atoms with E-state index >= 15 is 0 Å². The monoisotopic (exact) mass is 684 g/mol. The second-order valence-electron chi connectivity index (χ2n) is 11.4. The molecule has 262 valence electrons. The standard InChI is InChI=1S/C29H36F2N6O4.C2HF3O2/c1-39-18-22-17-37(35-34-22)13-12-36-11-10-29(19-4-7-25(40-2)26(14-19)41-3)9-8-21(16-27(29)36)33-28(38)32-20-5-6-23(30)24(31)15-20;3-2(4,5)1(6)7/h4-7,14-15,17,21,27H,8-13,16,18H2,1-3H3,(H2,32,33,38);(H,6,7)/t21-,27+,29+;/m1./s1. The molecule has 0 bridgehead atoms. The number of nitrogens with zero attached hydrogens (tertiary/aromatic N) is 4. The van der Waals surface area contributed by atoms with Gasteiger partial charge in [-0.2, -0.15) is 13.2 Å². The molecule has 3 N–H and O–H groups in total. The SMILES string of the molecule is COCc1cn(CCN2CC[C@]3(c4ccc(OC)c(OC)c4)CC[C@@H](NC(=O)Nc4ccc(F)c(F)c4)C[C@H]23)nn1.O=C(O)C(F)(F)F. The maximum absolute atomic E-state index is 13.6. The summed E-state index contributed by atoms with van der Waals surface area (Å²) >= 11 is 0. The summed E-state index contributed by atoms with van der Waals surface area (Å²) in [6.07, 6.45) is 0.141. The van der Waals surface area contributed by atoms with Gasteiger partial charge in [-0.25, -0.2) is 18.4 Å². The Labute approximate surface area is 273 Å². The van der Waals surface area contributed by atoms with Crippen LogP contribution in [-0.4, -0.2) is 89.7 Å². The van der Waals surface area contributed by atoms with Crippen molar-refractivity contribution in [3.05, 3.63) is 65.5 Å². The van der Waals surface area contributed by atoms with Gasteiger partial charge in [0.15, 0.2) is 23.1 Å². The van der Waals surface area contributed by atoms with Crippen molar-refractivity contribution in [2.75, 3.05) is 39.7 Å². The second kappa shape index (κ2) is 15.6. The lowest BCUT2D eigenvalue weighted by atomic mass is 9.65. The molecule has 17 heteroatoms. The van der Waals surface area contributed by atoms with Gasteiger partial charge >= 0.3 is 18.2 Å². The first kappa shape index (κ1) is 36.3. The lowest BCUT2D eigenvalue weighted by molar-refractivity contribution is -0.192. The lowest BCUT2D eigenvalue weighted by Crippen LogP contribution is -2.53. The number of carboxylic acids is 1. The summed E-state index contributed by atoms with van der Waals surface area (Å²) in [5.74, 6) is -3.36. The summed E-state index contributed by atoms with van der Waals surface area (Å²) in [7, 11) is 4.89. The van der Waals surface area contributed by atoms with E-state index in [0.717, 1.165) is 56.6 Å². The molecule has 1 aromatic heterocycles. The number of nitrogens with one attached hydrogen (secondary N) is 2. The third-order valence-corrected chi connectivity index (χ3v) is 8.58. The smallest absolute Gasteiger partial charge is 0.490 e. The lowest BCUT2D eigenvalue weighted by Gasteiger charge is -2.45. The molecular weight excluding hydrogens is 647 g/mol. The van der Waals surface area contributed by atoms with Gasteiger partial charge in [0.1, 0.15) is 5.69 Å². The first-order valence-electron chi connectivity index (χ1n) is 15.0. The second-order valence-corrected chi connectivity index (χ2v) is 11.4. The summed E-state index contributed by atoms with van der Waals surface area (Å²) in [5.41, 5.74) is 2.04. The number of rotatable bonds is 10. The number of carbonyl (C=O) groups is 2. The van der Waals surface area contributed by atoms with Crippen molar-refractivity contribution >= 4 is 17.7 Å². The molecule has 2 amide bonds. The summed E-state index contributed by atoms with van der Waals surface area (Å²) in [6, 6.07) is 9.05. The Kier molecular flexibility index (Phi) is 11.8. The molecule has 2 fully saturated rings. The maximum Gasteiger partial charge on any atom is 0.490 e. The number of aromatic nitrogens is 3. The summed E-state index contributed by atoms with van der Waals surface area (Å²) in [4.78, 5) is 24.2. The minimum atomic E-state index is -5.08. The summed E-state index contributed by atoms with van der Waals surface area (Å²) < 4.78 is 76.8. The first-order chi connectivity index (χ1) is 22.8. The van der Waals surface area contributed by atoms with Crippen molar-refractivity contribution in [3.63, 3.8) is 0 Å². The molecule has 48 heavy (non-hydrogen) atoms. The van der Waals surface area contributed by atoms with E-state index in [-0.39, 0.29) is 23.2 Å². The van der Waals surface area contributed by atoms with Crippen molar-refractivity contribution in [3.8, 4) is 11.5 Å². The van der Waals surface area contributed by atoms with Gasteiger partial charge in [-0.05, 0) is 62.1 Å². The number of aliphatic carboxylic acids is 1. The van der Waals surface area contributed by atoms with Crippen molar-refractivity contribution in [1.29, 1.82) is 0 Å². The van der Waals surface area contributed by atoms with Crippen LogP contribution >= 0.6 is 0 Å². The average Bonchev–Trinajstić information content (AvgIpc) is 3.66. The van der Waals surface area contributed by atoms with E-state index in [2.05, 4.69) is 38.0 Å². The number of ether oxygens (including phenoxy) is 3. The fraction of sp³-hybridized carbons (Fsp3) is 0.484. The largest absolute Gasteiger partial charge is 0.493 e. The number of anilines is 1. The van der Waals surface area contributed by atoms with Crippen LogP contribution in [0.1, 0.15) is 36.9 Å². The van der Waals surface area contributed by atoms with Crippen molar-refractivity contribution < 1.29 is 50.9 Å². The molecule has 2 aromatic carbocycles. The van der Waals surface area contributed by atoms with Crippen LogP contribution in [0.15, 0.2) is 42.6 Å². The van der Waals surface area contributed by atoms with Gasteiger partial charge in [-0.1, -0.05) is 11.3 Å². The number of carbonyl (C=O) groups excluding carboxylic acids is 1. The molecule has 0 radical (unpaired) electrons. The highest BCUT2D eigenvalue weighted by Crippen LogP contribution is 2.50. The van der Waals surface area contributed by atoms with Crippen LogP contribution in [0.25, 0.3) is 0 Å². The Morgan fingerprint density at radius 1 is 1.02 bits per heavy atom. The van der Waals surface area contributed by atoms with Gasteiger partial charge < -0.3 is 30.0 Å². The number of hydrogen-bond acceptors (Lipinski definition) is 8. The quantitative estimate of drug-likeness (QED) is 0.259. The molecule has 0 spiro atoms. The van der Waals surface area contributed by atoms with E-state index in [9.17, 15) is 26.7 Å². The van der Waals surface area contributed by atoms with Crippen LogP contribution in [0.2, 0.25) is 0 Å². The fourth-order valence-electron chi connectivity index (χ4n) is 6.35. The molecule has 1 aliphatic carbocycles. The normalized spacial score (nSPS) is 20.7. The number of halogens is 5. The molecule has 1 saturated heterocycles. The number of hydrogen-bond donors (Lipinski definition) is 3. The summed E-state index contributed by atoms with van der Waals surface area (Å²) in [6.45, 7) is 2.74. The molecule has 2 heterocycles. The number of amides is 2. The van der Waals surface area contributed by atoms with E-state index in [1.54, 1.807) is 21.3 Å². The number of benzene rings is 2. The maximum atomic E-state index is 13.6. The average molecular weight is 685 g/mol. The van der Waals surface area contributed by atoms with Gasteiger partial charge in [0.05, 0.1) is 33.6 Å². The Balaban J connectivity index is 0.000000671. The highest BCUT2D eigenvalue weighted by molar-refractivity contribution is 5.89. The van der Waals surface area contributed by atoms with Gasteiger partial charge in [-0.15, -0.1) is 5.10 Å². The van der Waals surface area contributed by atoms with Gasteiger partial charge in [0.2, 0.25) is 0 Å². The predicted octanol–water partition coefficient (Wildman–Crippen LogP) is 4.74. The molecule has 3 aromatic rings. The van der Waals surface area contributed by atoms with Crippen LogP contribution < -0.4 is 20.1 Å². The zero-order chi connectivity index (χ0) is 35.1. The molecule has 1 aliphatic heterocycles. The van der Waals surface area contributed by atoms with Crippen LogP contribution in [0.4, 0.5) is 32.4 Å². The van der Waals surface area contributed by atoms with Crippen molar-refractivity contribution in [2.24, 2.45) is 0 Å². The van der Waals surface area contributed by atoms with Crippen LogP contribution in [0.3, 0.4) is 0 Å². The molecule has 0 unspecified atom stereocenters. The number of methoxy groups -OCH3 is 3. The number of likely N-dealkylation sites (tertiary alicyclic amines) is 1. The van der Waals surface area contributed by atoms with Crippen LogP contribution in [-0.2, 0) is 28.1 Å². The Bertz CT molecular complexity index is 1570. The van der Waals surface area contributed by atoms with Crippen LogP contribution in [0, 0.1) is 11.6 Å². The zero-order valence-electron chi connectivity index (χ0n) is 26.5. The molecule has 3 atom stereocenters. The minimum absolute atomic E-state index is 0.0983. The van der Waals surface area contributed by atoms with E-state index in [1.807, 2.05) is 16.9 Å². The molecule has 5 rings (SSSR count). The summed E-state index contributed by atoms with van der Waals surface area (Å²) in [5, 5.41) is 21.2. The molecule has 2 aliphatic rings. The van der Waals surface area contributed by atoms with E-state index < -0.39 is 29.8 Å². The Hall–Kier alpha value is -4.51. The van der Waals surface area contributed by atoms with E-state index in [1.165, 1.54) is 11.6 Å². The number of carboxylic acid groups (broad SMARTS) is 1. The zero-order valence-corrected chi connectivity index (χ0v) is 26.5. The third-order valence-electron chi connectivity index (χ3n) is 8.58. The molecular formula is C31H37F5N6O6. The van der Waals surface area contributed by atoms with Gasteiger partial charge in [0, 0.05) is 42.9 Å². The highest BCUT2D eigenvalue weighted by Gasteiger charge is 2.51. The number of alkyl halides is 3. The van der Waals surface area contributed by atoms with Gasteiger partial charge in [-0.3, -0.25) is 9.58 Å². The Morgan fingerprint density at radius 2 is 1.75 bits per heavy atom. The Morgan fingerprint density at radius 3 is 2.40 bits per heavy atom. The van der Waals surface area contributed by atoms with Crippen molar-refractivity contribution in [2.45, 2.75) is 62.5 Å². The number of urea groups is 1. The molecule has 12 nitrogen and oxygen atoms in total. The third kappa shape index (κ3) is 8.69. The van der Waals surface area contributed by atoms with E-state index in [0.29, 0.717) is 24.7 Å². The highest BCUT2D eigenvalue weighted by atomic mass is 19.4. The van der Waals surface area contributed by atoms with Crippen molar-refractivity contribution in [1.82, 2.24) is 25.2 Å². The number of fused-ring (bicyclic) bond motifs is 1. The van der Waals surface area contributed by atoms with Crippen LogP contribution in [0.5, 0.6) is 11.5 Å². The predicted molar refractivity (Wildman–Crippen MR) is 162 cm³/mol. The van der Waals surface area contributed by atoms with Gasteiger partial charge in [0.25, 0.3) is 0 Å². The van der Waals surface area contributed by atoms with E-state index in [4.69, 9.17) is 24.1 Å².